The van der Waals surface area contributed by atoms with Crippen molar-refractivity contribution in [1.29, 1.82) is 0 Å². The Balaban J connectivity index is 2.39. The van der Waals surface area contributed by atoms with E-state index in [0.29, 0.717) is 12.1 Å². The van der Waals surface area contributed by atoms with Crippen molar-refractivity contribution in [2.24, 2.45) is 0 Å². The topological polar surface area (TPSA) is 66.4 Å². The summed E-state index contributed by atoms with van der Waals surface area (Å²) in [6, 6.07) is 6.74. The van der Waals surface area contributed by atoms with Gasteiger partial charge in [0.15, 0.2) is 9.84 Å². The Hall–Kier alpha value is -0.910. The van der Waals surface area contributed by atoms with Crippen molar-refractivity contribution in [1.82, 2.24) is 5.32 Å². The molecule has 0 amide bonds. The molecule has 1 aromatic rings. The molecule has 2 N–H and O–H groups in total. The Bertz CT molecular complexity index is 575. The molecule has 0 saturated heterocycles. The molecule has 1 aliphatic rings. The van der Waals surface area contributed by atoms with Crippen molar-refractivity contribution >= 4 is 9.84 Å². The summed E-state index contributed by atoms with van der Waals surface area (Å²) in [4.78, 5) is 0.263. The number of sulfone groups is 1. The maximum Gasteiger partial charge on any atom is 0.178 e. The first kappa shape index (κ1) is 14.5. The van der Waals surface area contributed by atoms with E-state index in [2.05, 4.69) is 5.32 Å². The van der Waals surface area contributed by atoms with Gasteiger partial charge in [-0.2, -0.15) is 0 Å². The van der Waals surface area contributed by atoms with Crippen molar-refractivity contribution in [2.75, 3.05) is 12.3 Å². The van der Waals surface area contributed by atoms with E-state index >= 15 is 0 Å². The summed E-state index contributed by atoms with van der Waals surface area (Å²) in [7, 11) is -3.25. The van der Waals surface area contributed by atoms with Gasteiger partial charge in [0.25, 0.3) is 0 Å². The molecule has 1 aliphatic heterocycles. The van der Waals surface area contributed by atoms with Crippen LogP contribution in [0.25, 0.3) is 0 Å². The molecule has 0 bridgehead atoms. The minimum atomic E-state index is -3.25. The summed E-state index contributed by atoms with van der Waals surface area (Å²) >= 11 is 0. The summed E-state index contributed by atoms with van der Waals surface area (Å²) in [6.45, 7) is 6.40. The van der Waals surface area contributed by atoms with Gasteiger partial charge in [-0.1, -0.05) is 18.2 Å². The summed E-state index contributed by atoms with van der Waals surface area (Å²) in [5.41, 5.74) is -0.728. The Morgan fingerprint density at radius 1 is 1.32 bits per heavy atom. The van der Waals surface area contributed by atoms with Crippen molar-refractivity contribution in [3.05, 3.63) is 29.8 Å². The number of benzene rings is 1. The molecule has 106 valence electrons. The summed E-state index contributed by atoms with van der Waals surface area (Å²) in [5, 5.41) is 14.0. The highest BCUT2D eigenvalue weighted by atomic mass is 32.2. The van der Waals surface area contributed by atoms with E-state index < -0.39 is 15.4 Å². The quantitative estimate of drug-likeness (QED) is 0.862. The van der Waals surface area contributed by atoms with Gasteiger partial charge in [0.1, 0.15) is 5.60 Å². The summed E-state index contributed by atoms with van der Waals surface area (Å²) < 4.78 is 24.1. The van der Waals surface area contributed by atoms with Gasteiger partial charge in [-0.05, 0) is 33.3 Å². The second kappa shape index (κ2) is 4.58. The van der Waals surface area contributed by atoms with Crippen LogP contribution in [0, 0.1) is 0 Å². The van der Waals surface area contributed by atoms with Crippen LogP contribution in [-0.2, 0) is 15.4 Å². The zero-order valence-corrected chi connectivity index (χ0v) is 12.4. The predicted octanol–water partition coefficient (Wildman–Crippen LogP) is 1.44. The lowest BCUT2D eigenvalue weighted by Gasteiger charge is -2.36. The van der Waals surface area contributed by atoms with Crippen LogP contribution in [0.1, 0.15) is 32.8 Å². The number of rotatable bonds is 2. The number of hydrogen-bond donors (Lipinski definition) is 2. The molecule has 0 radical (unpaired) electrons. The van der Waals surface area contributed by atoms with Crippen LogP contribution in [0.5, 0.6) is 0 Å². The molecule has 5 heteroatoms. The summed E-state index contributed by atoms with van der Waals surface area (Å²) in [6.07, 6.45) is 0.232. The third-order valence-electron chi connectivity index (χ3n) is 3.42. The fourth-order valence-corrected chi connectivity index (χ4v) is 3.97. The Morgan fingerprint density at radius 3 is 2.58 bits per heavy atom. The number of fused-ring (bicyclic) bond motifs is 1. The van der Waals surface area contributed by atoms with Crippen molar-refractivity contribution in [3.8, 4) is 0 Å². The SMILES string of the molecule is CC(C)(C)NCC1(O)CCS(=O)(=O)c2ccccc21. The highest BCUT2D eigenvalue weighted by molar-refractivity contribution is 7.91. The number of nitrogens with one attached hydrogen (secondary N) is 1. The minimum absolute atomic E-state index is 0.00760. The number of aliphatic hydroxyl groups is 1. The summed E-state index contributed by atoms with van der Waals surface area (Å²) in [5.74, 6) is -0.00760. The van der Waals surface area contributed by atoms with Gasteiger partial charge >= 0.3 is 0 Å². The maximum absolute atomic E-state index is 12.0. The zero-order chi connectivity index (χ0) is 14.3. The van der Waals surface area contributed by atoms with Crippen LogP contribution < -0.4 is 5.32 Å². The molecule has 1 heterocycles. The maximum atomic E-state index is 12.0. The number of β-amino-alcohol motifs (C(OH)–C–C–N with tert-alkyl or cyclic N) is 1. The van der Waals surface area contributed by atoms with Gasteiger partial charge in [-0.25, -0.2) is 8.42 Å². The lowest BCUT2D eigenvalue weighted by molar-refractivity contribution is 0.0225. The van der Waals surface area contributed by atoms with Crippen LogP contribution in [-0.4, -0.2) is 31.4 Å². The molecule has 0 saturated carbocycles. The van der Waals surface area contributed by atoms with E-state index in [-0.39, 0.29) is 22.6 Å². The Labute approximate surface area is 114 Å². The van der Waals surface area contributed by atoms with Gasteiger partial charge in [-0.15, -0.1) is 0 Å². The standard InChI is InChI=1S/C14H21NO3S/c1-13(2,3)15-10-14(16)8-9-19(17,18)12-7-5-4-6-11(12)14/h4-7,15-16H,8-10H2,1-3H3. The van der Waals surface area contributed by atoms with Crippen LogP contribution >= 0.6 is 0 Å². The molecular formula is C14H21NO3S. The first-order chi connectivity index (χ1) is 8.64. The normalized spacial score (nSPS) is 25.9. The van der Waals surface area contributed by atoms with E-state index in [1.807, 2.05) is 20.8 Å². The lowest BCUT2D eigenvalue weighted by Crippen LogP contribution is -2.48. The third-order valence-corrected chi connectivity index (χ3v) is 5.19. The molecule has 19 heavy (non-hydrogen) atoms. The predicted molar refractivity (Wildman–Crippen MR) is 74.8 cm³/mol. The van der Waals surface area contributed by atoms with Crippen molar-refractivity contribution in [2.45, 2.75) is 43.2 Å². The molecule has 1 unspecified atom stereocenters. The van der Waals surface area contributed by atoms with Crippen LogP contribution in [0.15, 0.2) is 29.2 Å². The molecule has 2 rings (SSSR count). The highest BCUT2D eigenvalue weighted by Crippen LogP contribution is 2.36. The smallest absolute Gasteiger partial charge is 0.178 e. The van der Waals surface area contributed by atoms with Gasteiger partial charge in [0.2, 0.25) is 0 Å². The van der Waals surface area contributed by atoms with Crippen LogP contribution in [0.2, 0.25) is 0 Å². The molecule has 0 fully saturated rings. The zero-order valence-electron chi connectivity index (χ0n) is 11.6. The number of hydrogen-bond acceptors (Lipinski definition) is 4. The second-order valence-corrected chi connectivity index (χ2v) is 8.28. The van der Waals surface area contributed by atoms with Gasteiger partial charge in [0, 0.05) is 17.6 Å². The van der Waals surface area contributed by atoms with Crippen LogP contribution in [0.4, 0.5) is 0 Å². The lowest BCUT2D eigenvalue weighted by atomic mass is 9.89. The molecule has 1 aromatic carbocycles. The van der Waals surface area contributed by atoms with E-state index in [1.54, 1.807) is 24.3 Å². The van der Waals surface area contributed by atoms with Crippen molar-refractivity contribution in [3.63, 3.8) is 0 Å². The third kappa shape index (κ3) is 2.99. The van der Waals surface area contributed by atoms with Gasteiger partial charge in [-0.3, -0.25) is 0 Å². The van der Waals surface area contributed by atoms with E-state index in [0.717, 1.165) is 0 Å². The van der Waals surface area contributed by atoms with E-state index in [4.69, 9.17) is 0 Å². The second-order valence-electron chi connectivity index (χ2n) is 6.20. The van der Waals surface area contributed by atoms with Crippen LogP contribution in [0.3, 0.4) is 0 Å². The Morgan fingerprint density at radius 2 is 1.95 bits per heavy atom. The van der Waals surface area contributed by atoms with Crippen molar-refractivity contribution < 1.29 is 13.5 Å². The van der Waals surface area contributed by atoms with Gasteiger partial charge < -0.3 is 10.4 Å². The highest BCUT2D eigenvalue weighted by Gasteiger charge is 2.40. The van der Waals surface area contributed by atoms with E-state index in [1.165, 1.54) is 0 Å². The van der Waals surface area contributed by atoms with Gasteiger partial charge in [0.05, 0.1) is 10.6 Å². The molecular weight excluding hydrogens is 262 g/mol. The van der Waals surface area contributed by atoms with E-state index in [9.17, 15) is 13.5 Å². The molecule has 0 spiro atoms. The first-order valence-electron chi connectivity index (χ1n) is 6.44. The fourth-order valence-electron chi connectivity index (χ4n) is 2.27. The molecule has 0 aromatic heterocycles. The Kier molecular flexibility index (Phi) is 3.49. The average molecular weight is 283 g/mol. The monoisotopic (exact) mass is 283 g/mol. The largest absolute Gasteiger partial charge is 0.384 e. The average Bonchev–Trinajstić information content (AvgIpc) is 2.32. The molecule has 4 nitrogen and oxygen atoms in total. The molecule has 0 aliphatic carbocycles. The first-order valence-corrected chi connectivity index (χ1v) is 8.09. The molecule has 1 atom stereocenters. The fraction of sp³-hybridized carbons (Fsp3) is 0.571. The minimum Gasteiger partial charge on any atom is -0.384 e.